The zero-order chi connectivity index (χ0) is 21.3. The van der Waals surface area contributed by atoms with Gasteiger partial charge in [0.05, 0.1) is 12.7 Å². The Morgan fingerprint density at radius 2 is 1.63 bits per heavy atom. The van der Waals surface area contributed by atoms with Crippen molar-refractivity contribution in [2.75, 3.05) is 26.7 Å². The Hall–Kier alpha value is -3.35. The van der Waals surface area contributed by atoms with Crippen LogP contribution in [0.4, 0.5) is 0 Å². The number of nitrogens with zero attached hydrogens (tertiary/aromatic N) is 1. The van der Waals surface area contributed by atoms with Gasteiger partial charge in [0.25, 0.3) is 11.8 Å². The van der Waals surface area contributed by atoms with Crippen LogP contribution in [0.1, 0.15) is 41.3 Å². The summed E-state index contributed by atoms with van der Waals surface area (Å²) in [7, 11) is 1.47. The van der Waals surface area contributed by atoms with E-state index < -0.39 is 18.0 Å². The van der Waals surface area contributed by atoms with Crippen LogP contribution >= 0.6 is 0 Å². The molecule has 1 saturated heterocycles. The van der Waals surface area contributed by atoms with Gasteiger partial charge < -0.3 is 19.7 Å². The van der Waals surface area contributed by atoms with Gasteiger partial charge in [0.1, 0.15) is 12.3 Å². The Labute approximate surface area is 176 Å². The van der Waals surface area contributed by atoms with Crippen molar-refractivity contribution in [3.8, 4) is 5.75 Å². The van der Waals surface area contributed by atoms with Crippen molar-refractivity contribution in [3.05, 3.63) is 65.7 Å². The minimum Gasteiger partial charge on any atom is -0.496 e. The molecule has 1 N–H and O–H groups in total. The highest BCUT2D eigenvalue weighted by molar-refractivity contribution is 5.98. The van der Waals surface area contributed by atoms with Crippen molar-refractivity contribution in [2.45, 2.75) is 25.4 Å². The van der Waals surface area contributed by atoms with Gasteiger partial charge in [-0.25, -0.2) is 0 Å². The first-order valence-corrected chi connectivity index (χ1v) is 10.0. The summed E-state index contributed by atoms with van der Waals surface area (Å²) in [6, 6.07) is 15.7. The van der Waals surface area contributed by atoms with Crippen molar-refractivity contribution in [1.82, 2.24) is 10.2 Å². The van der Waals surface area contributed by atoms with E-state index in [1.54, 1.807) is 53.4 Å². The minimum atomic E-state index is -1.03. The summed E-state index contributed by atoms with van der Waals surface area (Å²) in [5.41, 5.74) is 0.925. The standard InChI is InChI=1S/C23H26N2O5/c1-29-19-13-7-6-12-18(19)22(27)24-16-20(26)30-21(17-10-4-2-5-11-17)23(28)25-14-8-3-9-15-25/h2,4-7,10-13,21H,3,8-9,14-16H2,1H3,(H,24,27). The Kier molecular flexibility index (Phi) is 7.43. The number of para-hydroxylation sites is 1. The molecule has 2 aromatic carbocycles. The van der Waals surface area contributed by atoms with Crippen LogP contribution in [-0.4, -0.2) is 49.4 Å². The van der Waals surface area contributed by atoms with Crippen LogP contribution in [0.25, 0.3) is 0 Å². The second-order valence-corrected chi connectivity index (χ2v) is 7.05. The largest absolute Gasteiger partial charge is 0.496 e. The molecule has 158 valence electrons. The normalized spacial score (nSPS) is 14.5. The van der Waals surface area contributed by atoms with Gasteiger partial charge in [-0.3, -0.25) is 14.4 Å². The predicted octanol–water partition coefficient (Wildman–Crippen LogP) is 2.72. The topological polar surface area (TPSA) is 84.9 Å². The fraction of sp³-hybridized carbons (Fsp3) is 0.348. The molecule has 0 bridgehead atoms. The first-order valence-electron chi connectivity index (χ1n) is 10.0. The zero-order valence-electron chi connectivity index (χ0n) is 17.0. The number of hydrogen-bond donors (Lipinski definition) is 1. The highest BCUT2D eigenvalue weighted by atomic mass is 16.5. The summed E-state index contributed by atoms with van der Waals surface area (Å²) in [5, 5.41) is 2.53. The van der Waals surface area contributed by atoms with Gasteiger partial charge in [-0.1, -0.05) is 42.5 Å². The molecule has 1 aliphatic rings. The number of ether oxygens (including phenoxy) is 2. The summed E-state index contributed by atoms with van der Waals surface area (Å²) >= 11 is 0. The third-order valence-corrected chi connectivity index (χ3v) is 4.99. The summed E-state index contributed by atoms with van der Waals surface area (Å²) in [6.45, 7) is 0.960. The summed E-state index contributed by atoms with van der Waals surface area (Å²) < 4.78 is 10.7. The zero-order valence-corrected chi connectivity index (χ0v) is 17.0. The first kappa shape index (κ1) is 21.4. The Bertz CT molecular complexity index is 878. The molecule has 2 aromatic rings. The number of piperidine rings is 1. The third-order valence-electron chi connectivity index (χ3n) is 4.99. The molecule has 0 aliphatic carbocycles. The fourth-order valence-electron chi connectivity index (χ4n) is 3.42. The smallest absolute Gasteiger partial charge is 0.326 e. The van der Waals surface area contributed by atoms with Crippen molar-refractivity contribution < 1.29 is 23.9 Å². The summed E-state index contributed by atoms with van der Waals surface area (Å²) in [6.07, 6.45) is 1.95. The van der Waals surface area contributed by atoms with E-state index in [1.165, 1.54) is 7.11 Å². The minimum absolute atomic E-state index is 0.231. The number of nitrogens with one attached hydrogen (secondary N) is 1. The van der Waals surface area contributed by atoms with E-state index in [9.17, 15) is 14.4 Å². The Morgan fingerprint density at radius 3 is 2.33 bits per heavy atom. The molecule has 0 aromatic heterocycles. The Morgan fingerprint density at radius 1 is 0.967 bits per heavy atom. The molecule has 0 spiro atoms. The molecule has 1 unspecified atom stereocenters. The van der Waals surface area contributed by atoms with Crippen LogP contribution in [-0.2, 0) is 14.3 Å². The maximum absolute atomic E-state index is 13.0. The lowest BCUT2D eigenvalue weighted by molar-refractivity contribution is -0.160. The molecule has 1 heterocycles. The predicted molar refractivity (Wildman–Crippen MR) is 111 cm³/mol. The molecular weight excluding hydrogens is 384 g/mol. The number of hydrogen-bond acceptors (Lipinski definition) is 5. The van der Waals surface area contributed by atoms with Crippen LogP contribution in [0.15, 0.2) is 54.6 Å². The van der Waals surface area contributed by atoms with E-state index >= 15 is 0 Å². The number of methoxy groups -OCH3 is 1. The number of carbonyl (C=O) groups is 3. The van der Waals surface area contributed by atoms with E-state index in [0.29, 0.717) is 30.0 Å². The number of esters is 1. The van der Waals surface area contributed by atoms with Gasteiger partial charge in [0.15, 0.2) is 0 Å². The van der Waals surface area contributed by atoms with Crippen molar-refractivity contribution in [1.29, 1.82) is 0 Å². The van der Waals surface area contributed by atoms with Gasteiger partial charge in [-0.2, -0.15) is 0 Å². The van der Waals surface area contributed by atoms with Crippen molar-refractivity contribution >= 4 is 17.8 Å². The average Bonchev–Trinajstić information content (AvgIpc) is 2.81. The van der Waals surface area contributed by atoms with Crippen LogP contribution in [0.3, 0.4) is 0 Å². The molecule has 0 radical (unpaired) electrons. The fourth-order valence-corrected chi connectivity index (χ4v) is 3.42. The molecule has 7 heteroatoms. The maximum atomic E-state index is 13.0. The monoisotopic (exact) mass is 410 g/mol. The second-order valence-electron chi connectivity index (χ2n) is 7.05. The molecule has 1 fully saturated rings. The lowest BCUT2D eigenvalue weighted by atomic mass is 10.1. The van der Waals surface area contributed by atoms with Gasteiger partial charge in [-0.05, 0) is 31.4 Å². The SMILES string of the molecule is COc1ccccc1C(=O)NCC(=O)OC(C(=O)N1CCCCC1)c1ccccc1. The van der Waals surface area contributed by atoms with Gasteiger partial charge in [0, 0.05) is 18.7 Å². The quantitative estimate of drug-likeness (QED) is 0.710. The molecule has 1 atom stereocenters. The number of carbonyl (C=O) groups excluding carboxylic acids is 3. The average molecular weight is 410 g/mol. The molecule has 7 nitrogen and oxygen atoms in total. The van der Waals surface area contributed by atoms with Crippen LogP contribution in [0.5, 0.6) is 5.75 Å². The number of rotatable bonds is 7. The van der Waals surface area contributed by atoms with Crippen molar-refractivity contribution in [2.24, 2.45) is 0 Å². The molecule has 0 saturated carbocycles. The maximum Gasteiger partial charge on any atom is 0.326 e. The van der Waals surface area contributed by atoms with E-state index in [0.717, 1.165) is 19.3 Å². The summed E-state index contributed by atoms with van der Waals surface area (Å²) in [5.74, 6) is -0.961. The second kappa shape index (κ2) is 10.4. The number of benzene rings is 2. The third kappa shape index (κ3) is 5.37. The lowest BCUT2D eigenvalue weighted by Crippen LogP contribution is -2.41. The van der Waals surface area contributed by atoms with E-state index in [1.807, 2.05) is 6.07 Å². The number of amides is 2. The Balaban J connectivity index is 1.66. The van der Waals surface area contributed by atoms with Crippen LogP contribution in [0.2, 0.25) is 0 Å². The summed E-state index contributed by atoms with van der Waals surface area (Å²) in [4.78, 5) is 39.6. The van der Waals surface area contributed by atoms with E-state index in [-0.39, 0.29) is 12.5 Å². The van der Waals surface area contributed by atoms with Gasteiger partial charge >= 0.3 is 5.97 Å². The van der Waals surface area contributed by atoms with Crippen LogP contribution in [0, 0.1) is 0 Å². The highest BCUT2D eigenvalue weighted by Gasteiger charge is 2.30. The highest BCUT2D eigenvalue weighted by Crippen LogP contribution is 2.23. The molecular formula is C23H26N2O5. The molecule has 3 rings (SSSR count). The van der Waals surface area contributed by atoms with E-state index in [2.05, 4.69) is 5.32 Å². The van der Waals surface area contributed by atoms with Gasteiger partial charge in [0.2, 0.25) is 6.10 Å². The van der Waals surface area contributed by atoms with Crippen LogP contribution < -0.4 is 10.1 Å². The molecule has 30 heavy (non-hydrogen) atoms. The first-order chi connectivity index (χ1) is 14.6. The van der Waals surface area contributed by atoms with E-state index in [4.69, 9.17) is 9.47 Å². The van der Waals surface area contributed by atoms with Crippen molar-refractivity contribution in [3.63, 3.8) is 0 Å². The molecule has 2 amide bonds. The molecule has 1 aliphatic heterocycles. The number of likely N-dealkylation sites (tertiary alicyclic amines) is 1. The lowest BCUT2D eigenvalue weighted by Gasteiger charge is -2.30. The van der Waals surface area contributed by atoms with Gasteiger partial charge in [-0.15, -0.1) is 0 Å².